The van der Waals surface area contributed by atoms with E-state index in [4.69, 9.17) is 0 Å². The lowest BCUT2D eigenvalue weighted by atomic mass is 10.2. The molecule has 0 amide bonds. The molecule has 72 valence electrons. The van der Waals surface area contributed by atoms with Crippen molar-refractivity contribution < 1.29 is 13.6 Å². The van der Waals surface area contributed by atoms with Gasteiger partial charge in [-0.2, -0.15) is 8.78 Å². The highest BCUT2D eigenvalue weighted by atomic mass is 79.9. The van der Waals surface area contributed by atoms with E-state index in [0.717, 1.165) is 3.79 Å². The van der Waals surface area contributed by atoms with Gasteiger partial charge < -0.3 is 0 Å². The quantitative estimate of drug-likeness (QED) is 0.779. The first kappa shape index (κ1) is 11.1. The number of carbonyl (C=O) groups excluding carboxylic acids is 1. The van der Waals surface area contributed by atoms with E-state index in [1.165, 1.54) is 11.3 Å². The number of Topliss-reactive ketones (excluding diaryl/α,β-unsaturated/α-hetero) is 1. The zero-order valence-electron chi connectivity index (χ0n) is 6.19. The van der Waals surface area contributed by atoms with Gasteiger partial charge >= 0.3 is 5.38 Å². The van der Waals surface area contributed by atoms with Crippen LogP contribution in [0.4, 0.5) is 8.78 Å². The van der Waals surface area contributed by atoms with Gasteiger partial charge in [0.1, 0.15) is 0 Å². The van der Waals surface area contributed by atoms with E-state index >= 15 is 0 Å². The first-order chi connectivity index (χ1) is 5.89. The summed E-state index contributed by atoms with van der Waals surface area (Å²) >= 11 is 8.95. The summed E-state index contributed by atoms with van der Waals surface area (Å²) < 4.78 is 25.2. The Kier molecular flexibility index (Phi) is 3.43. The van der Waals surface area contributed by atoms with Crippen molar-refractivity contribution in [2.75, 3.05) is 0 Å². The van der Waals surface area contributed by atoms with Gasteiger partial charge in [0.2, 0.25) is 5.78 Å². The van der Waals surface area contributed by atoms with Crippen LogP contribution in [0, 0.1) is 0 Å². The summed E-state index contributed by atoms with van der Waals surface area (Å²) in [5.74, 6) is -1.27. The highest BCUT2D eigenvalue weighted by Gasteiger charge is 2.35. The second-order valence-corrected chi connectivity index (χ2v) is 5.33. The molecular formula is C7H4BrClF2OS. The van der Waals surface area contributed by atoms with Gasteiger partial charge in [-0.05, 0) is 39.7 Å². The van der Waals surface area contributed by atoms with Gasteiger partial charge in [0, 0.05) is 11.3 Å². The maximum absolute atomic E-state index is 12.2. The third-order valence-corrected chi connectivity index (χ3v) is 3.11. The molecule has 1 rings (SSSR count). The van der Waals surface area contributed by atoms with Crippen molar-refractivity contribution in [1.29, 1.82) is 0 Å². The fourth-order valence-electron chi connectivity index (χ4n) is 0.705. The summed E-state index contributed by atoms with van der Waals surface area (Å²) in [6.45, 7) is 0. The SMILES string of the molecule is O=C(Cc1ccc(Br)s1)C(F)(F)Cl. The largest absolute Gasteiger partial charge is 0.380 e. The number of carbonyl (C=O) groups is 1. The number of halogens is 4. The van der Waals surface area contributed by atoms with Crippen molar-refractivity contribution in [3.8, 4) is 0 Å². The molecule has 0 saturated carbocycles. The molecule has 0 N–H and O–H groups in total. The monoisotopic (exact) mass is 288 g/mol. The second-order valence-electron chi connectivity index (χ2n) is 2.30. The third-order valence-electron chi connectivity index (χ3n) is 1.28. The lowest BCUT2D eigenvalue weighted by Crippen LogP contribution is -2.22. The highest BCUT2D eigenvalue weighted by molar-refractivity contribution is 9.11. The van der Waals surface area contributed by atoms with Crippen molar-refractivity contribution in [2.24, 2.45) is 0 Å². The van der Waals surface area contributed by atoms with Gasteiger partial charge in [-0.1, -0.05) is 0 Å². The summed E-state index contributed by atoms with van der Waals surface area (Å²) in [7, 11) is 0. The molecule has 0 atom stereocenters. The molecule has 0 bridgehead atoms. The van der Waals surface area contributed by atoms with Gasteiger partial charge in [-0.15, -0.1) is 11.3 Å². The number of ketones is 1. The molecule has 1 heterocycles. The Morgan fingerprint density at radius 2 is 2.23 bits per heavy atom. The Labute approximate surface area is 90.8 Å². The minimum absolute atomic E-state index is 0.327. The Bertz CT molecular complexity index is 321. The number of thiophene rings is 1. The minimum atomic E-state index is -3.75. The fraction of sp³-hybridized carbons (Fsp3) is 0.286. The molecule has 1 nitrogen and oxygen atoms in total. The van der Waals surface area contributed by atoms with Crippen LogP contribution in [0.15, 0.2) is 15.9 Å². The zero-order valence-corrected chi connectivity index (χ0v) is 9.35. The van der Waals surface area contributed by atoms with Crippen LogP contribution in [0.25, 0.3) is 0 Å². The van der Waals surface area contributed by atoms with Crippen LogP contribution in [-0.2, 0) is 11.2 Å². The molecule has 0 fully saturated rings. The van der Waals surface area contributed by atoms with Gasteiger partial charge in [0.05, 0.1) is 3.79 Å². The van der Waals surface area contributed by atoms with Gasteiger partial charge in [0.25, 0.3) is 0 Å². The molecule has 0 radical (unpaired) electrons. The molecule has 0 aliphatic rings. The fourth-order valence-corrected chi connectivity index (χ4v) is 2.25. The molecule has 6 heteroatoms. The predicted molar refractivity (Wildman–Crippen MR) is 51.5 cm³/mol. The second kappa shape index (κ2) is 4.02. The van der Waals surface area contributed by atoms with E-state index in [2.05, 4.69) is 27.5 Å². The minimum Gasteiger partial charge on any atom is -0.291 e. The van der Waals surface area contributed by atoms with Crippen LogP contribution in [-0.4, -0.2) is 11.2 Å². The summed E-state index contributed by atoms with van der Waals surface area (Å²) in [6.07, 6.45) is -0.327. The number of hydrogen-bond acceptors (Lipinski definition) is 2. The molecule has 0 aliphatic heterocycles. The van der Waals surface area contributed by atoms with E-state index < -0.39 is 11.2 Å². The highest BCUT2D eigenvalue weighted by Crippen LogP contribution is 2.26. The van der Waals surface area contributed by atoms with Crippen LogP contribution in [0.3, 0.4) is 0 Å². The van der Waals surface area contributed by atoms with Crippen molar-refractivity contribution >= 4 is 44.7 Å². The van der Waals surface area contributed by atoms with Crippen LogP contribution < -0.4 is 0 Å². The van der Waals surface area contributed by atoms with Crippen molar-refractivity contribution in [2.45, 2.75) is 11.8 Å². The van der Waals surface area contributed by atoms with E-state index in [1.54, 1.807) is 12.1 Å². The Morgan fingerprint density at radius 3 is 2.62 bits per heavy atom. The average Bonchev–Trinajstić information content (AvgIpc) is 2.33. The summed E-state index contributed by atoms with van der Waals surface area (Å²) in [6, 6.07) is 3.30. The standard InChI is InChI=1S/C7H4BrClF2OS/c8-6-2-1-4(13-6)3-5(12)7(9,10)11/h1-2H,3H2. The van der Waals surface area contributed by atoms with Crippen LogP contribution in [0.5, 0.6) is 0 Å². The van der Waals surface area contributed by atoms with Crippen molar-refractivity contribution in [1.82, 2.24) is 0 Å². The van der Waals surface area contributed by atoms with E-state index in [-0.39, 0.29) is 6.42 Å². The molecule has 1 aromatic rings. The normalized spacial score (nSPS) is 11.7. The van der Waals surface area contributed by atoms with E-state index in [0.29, 0.717) is 4.88 Å². The first-order valence-electron chi connectivity index (χ1n) is 3.24. The maximum atomic E-state index is 12.2. The molecule has 1 aromatic heterocycles. The summed E-state index contributed by atoms with van der Waals surface area (Å²) in [5, 5.41) is -3.75. The lowest BCUT2D eigenvalue weighted by molar-refractivity contribution is -0.132. The molecule has 0 spiro atoms. The first-order valence-corrected chi connectivity index (χ1v) is 5.22. The molecule has 13 heavy (non-hydrogen) atoms. The molecule has 0 saturated heterocycles. The summed E-state index contributed by atoms with van der Waals surface area (Å²) in [4.78, 5) is 11.3. The zero-order chi connectivity index (χ0) is 10.1. The van der Waals surface area contributed by atoms with E-state index in [1.807, 2.05) is 0 Å². The number of hydrogen-bond donors (Lipinski definition) is 0. The Hall–Kier alpha value is -0.000000000000000167. The molecule has 0 aliphatic carbocycles. The van der Waals surface area contributed by atoms with Gasteiger partial charge in [-0.3, -0.25) is 4.79 Å². The van der Waals surface area contributed by atoms with Crippen molar-refractivity contribution in [3.05, 3.63) is 20.8 Å². The molecule has 0 aromatic carbocycles. The number of alkyl halides is 3. The third kappa shape index (κ3) is 3.32. The lowest BCUT2D eigenvalue weighted by Gasteiger charge is -2.03. The van der Waals surface area contributed by atoms with Crippen LogP contribution >= 0.6 is 38.9 Å². The molecular weight excluding hydrogens is 285 g/mol. The smallest absolute Gasteiger partial charge is 0.291 e. The Morgan fingerprint density at radius 1 is 1.62 bits per heavy atom. The van der Waals surface area contributed by atoms with Crippen molar-refractivity contribution in [3.63, 3.8) is 0 Å². The van der Waals surface area contributed by atoms with Crippen LogP contribution in [0.1, 0.15) is 4.88 Å². The summed E-state index contributed by atoms with van der Waals surface area (Å²) in [5.41, 5.74) is 0. The number of rotatable bonds is 3. The average molecular weight is 290 g/mol. The van der Waals surface area contributed by atoms with Gasteiger partial charge in [-0.25, -0.2) is 0 Å². The van der Waals surface area contributed by atoms with Crippen LogP contribution in [0.2, 0.25) is 0 Å². The van der Waals surface area contributed by atoms with E-state index in [9.17, 15) is 13.6 Å². The molecule has 0 unspecified atom stereocenters. The van der Waals surface area contributed by atoms with Gasteiger partial charge in [0.15, 0.2) is 0 Å². The topological polar surface area (TPSA) is 17.1 Å². The maximum Gasteiger partial charge on any atom is 0.380 e. The Balaban J connectivity index is 2.65. The predicted octanol–water partition coefficient (Wildman–Crippen LogP) is 3.45.